The Kier molecular flexibility index (Phi) is 8.55. The first-order valence-corrected chi connectivity index (χ1v) is 7.96. The highest BCUT2D eigenvalue weighted by molar-refractivity contribution is 6.31. The maximum Gasteiger partial charge on any atom is 0.415 e. The van der Waals surface area contributed by atoms with Crippen molar-refractivity contribution in [2.24, 2.45) is 0 Å². The van der Waals surface area contributed by atoms with Crippen LogP contribution in [0, 0.1) is 0 Å². The van der Waals surface area contributed by atoms with E-state index in [9.17, 15) is 23.1 Å². The van der Waals surface area contributed by atoms with Gasteiger partial charge in [0.05, 0.1) is 25.4 Å². The van der Waals surface area contributed by atoms with Crippen LogP contribution in [0.15, 0.2) is 48.7 Å². The van der Waals surface area contributed by atoms with Crippen LogP contribution in [0.2, 0.25) is 5.02 Å². The van der Waals surface area contributed by atoms with Crippen molar-refractivity contribution in [3.8, 4) is 5.75 Å². The molecule has 2 N–H and O–H groups in total. The zero-order chi connectivity index (χ0) is 20.6. The molecule has 0 radical (unpaired) electrons. The third-order valence-corrected chi connectivity index (χ3v) is 3.43. The first-order chi connectivity index (χ1) is 12.6. The summed E-state index contributed by atoms with van der Waals surface area (Å²) < 4.78 is 47.3. The summed E-state index contributed by atoms with van der Waals surface area (Å²) in [7, 11) is 1.51. The van der Waals surface area contributed by atoms with Crippen LogP contribution in [-0.4, -0.2) is 37.5 Å². The Balaban J connectivity index is 2.85. The number of allylic oxidation sites excluding steroid dienone is 3. The molecule has 0 unspecified atom stereocenters. The smallest absolute Gasteiger partial charge is 0.415 e. The van der Waals surface area contributed by atoms with E-state index in [0.29, 0.717) is 12.7 Å². The van der Waals surface area contributed by atoms with E-state index in [4.69, 9.17) is 21.1 Å². The molecule has 0 saturated heterocycles. The number of nitrogens with one attached hydrogen (secondary N) is 1. The van der Waals surface area contributed by atoms with Crippen molar-refractivity contribution in [3.63, 3.8) is 0 Å². The van der Waals surface area contributed by atoms with E-state index in [0.717, 1.165) is 6.08 Å². The minimum atomic E-state index is -4.58. The molecule has 0 aliphatic heterocycles. The van der Waals surface area contributed by atoms with E-state index < -0.39 is 17.7 Å². The minimum Gasteiger partial charge on any atom is -0.507 e. The number of hydrogen-bond acceptors (Lipinski definition) is 4. The molecule has 27 heavy (non-hydrogen) atoms. The Morgan fingerprint density at radius 1 is 1.30 bits per heavy atom. The monoisotopic (exact) mass is 405 g/mol. The normalized spacial score (nSPS) is 11.6. The second-order valence-corrected chi connectivity index (χ2v) is 5.78. The van der Waals surface area contributed by atoms with Crippen LogP contribution in [0.4, 0.5) is 13.2 Å². The molecule has 0 fully saturated rings. The number of hydrogen-bond donors (Lipinski definition) is 2. The standard InChI is InChI=1S/C18H19ClF3NO4/c1-11(18(20,21)22)4-5-12(2)23-17(25)15-9-14(19)8-13(16(15)24)10-27-7-6-26-3/h4-5,8-9,24H,1-2,6-7,10H2,3H3,(H,23,25)/b5-4-. The predicted octanol–water partition coefficient (Wildman–Crippen LogP) is 4.13. The van der Waals surface area contributed by atoms with Gasteiger partial charge < -0.3 is 19.9 Å². The van der Waals surface area contributed by atoms with Crippen LogP contribution in [0.5, 0.6) is 5.75 Å². The number of halogens is 4. The molecule has 1 aromatic rings. The van der Waals surface area contributed by atoms with Crippen LogP contribution in [0.1, 0.15) is 15.9 Å². The third-order valence-electron chi connectivity index (χ3n) is 3.21. The topological polar surface area (TPSA) is 67.8 Å². The van der Waals surface area contributed by atoms with Crippen molar-refractivity contribution in [2.45, 2.75) is 12.8 Å². The summed E-state index contributed by atoms with van der Waals surface area (Å²) in [5.74, 6) is -1.15. The number of benzene rings is 1. The summed E-state index contributed by atoms with van der Waals surface area (Å²) in [4.78, 5) is 12.3. The van der Waals surface area contributed by atoms with E-state index in [2.05, 4.69) is 18.5 Å². The molecular weight excluding hydrogens is 387 g/mol. The Bertz CT molecular complexity index is 745. The lowest BCUT2D eigenvalue weighted by Gasteiger charge is -2.12. The van der Waals surface area contributed by atoms with E-state index in [-0.39, 0.29) is 40.8 Å². The Hall–Kier alpha value is -2.29. The fraction of sp³-hybridized carbons (Fsp3) is 0.278. The largest absolute Gasteiger partial charge is 0.507 e. The number of rotatable bonds is 9. The molecule has 1 aromatic carbocycles. The van der Waals surface area contributed by atoms with Crippen molar-refractivity contribution in [1.29, 1.82) is 0 Å². The van der Waals surface area contributed by atoms with Crippen LogP contribution in [-0.2, 0) is 16.1 Å². The first kappa shape index (κ1) is 22.8. The van der Waals surface area contributed by atoms with Crippen LogP contribution in [0.3, 0.4) is 0 Å². The number of ether oxygens (including phenoxy) is 2. The lowest BCUT2D eigenvalue weighted by Crippen LogP contribution is -2.22. The molecule has 0 aromatic heterocycles. The molecule has 148 valence electrons. The number of carbonyl (C=O) groups excluding carboxylic acids is 1. The maximum absolute atomic E-state index is 12.4. The Labute approximate surface area is 159 Å². The number of amides is 1. The molecule has 9 heteroatoms. The van der Waals surface area contributed by atoms with Gasteiger partial charge in [-0.25, -0.2) is 0 Å². The van der Waals surface area contributed by atoms with Crippen LogP contribution in [0.25, 0.3) is 0 Å². The highest BCUT2D eigenvalue weighted by atomic mass is 35.5. The molecule has 0 saturated carbocycles. The summed E-state index contributed by atoms with van der Waals surface area (Å²) in [6.45, 7) is 6.92. The molecule has 1 rings (SSSR count). The summed E-state index contributed by atoms with van der Waals surface area (Å²) in [6.07, 6.45) is -2.96. The SMILES string of the molecule is C=C(/C=C\C(=C)C(F)(F)F)NC(=O)c1cc(Cl)cc(COCCOC)c1O. The van der Waals surface area contributed by atoms with Gasteiger partial charge in [-0.2, -0.15) is 13.2 Å². The summed E-state index contributed by atoms with van der Waals surface area (Å²) >= 11 is 5.95. The van der Waals surface area contributed by atoms with Gasteiger partial charge in [0, 0.05) is 29.0 Å². The molecule has 5 nitrogen and oxygen atoms in total. The quantitative estimate of drug-likeness (QED) is 0.479. The number of phenolic OH excluding ortho intramolecular Hbond substituents is 1. The zero-order valence-electron chi connectivity index (χ0n) is 14.5. The Morgan fingerprint density at radius 3 is 2.56 bits per heavy atom. The summed E-state index contributed by atoms with van der Waals surface area (Å²) in [6, 6.07) is 2.65. The van der Waals surface area contributed by atoms with Gasteiger partial charge in [-0.05, 0) is 24.3 Å². The van der Waals surface area contributed by atoms with Gasteiger partial charge >= 0.3 is 6.18 Å². The molecule has 1 amide bonds. The van der Waals surface area contributed by atoms with Crippen LogP contribution < -0.4 is 5.32 Å². The Morgan fingerprint density at radius 2 is 1.96 bits per heavy atom. The van der Waals surface area contributed by atoms with Gasteiger partial charge in [0.2, 0.25) is 0 Å². The van der Waals surface area contributed by atoms with Crippen LogP contribution >= 0.6 is 11.6 Å². The molecule has 0 aliphatic rings. The number of carbonyl (C=O) groups is 1. The lowest BCUT2D eigenvalue weighted by atomic mass is 10.1. The fourth-order valence-corrected chi connectivity index (χ4v) is 2.05. The summed E-state index contributed by atoms with van der Waals surface area (Å²) in [5.41, 5.74) is -1.12. The van der Waals surface area contributed by atoms with E-state index in [1.165, 1.54) is 19.2 Å². The van der Waals surface area contributed by atoms with Gasteiger partial charge in [0.15, 0.2) is 0 Å². The highest BCUT2D eigenvalue weighted by Crippen LogP contribution is 2.28. The van der Waals surface area contributed by atoms with E-state index >= 15 is 0 Å². The van der Waals surface area contributed by atoms with E-state index in [1.54, 1.807) is 0 Å². The van der Waals surface area contributed by atoms with Crippen molar-refractivity contribution >= 4 is 17.5 Å². The maximum atomic E-state index is 12.4. The molecule has 0 atom stereocenters. The van der Waals surface area contributed by atoms with Crippen molar-refractivity contribution in [3.05, 3.63) is 64.9 Å². The summed E-state index contributed by atoms with van der Waals surface area (Å²) in [5, 5.41) is 12.7. The number of aromatic hydroxyl groups is 1. The van der Waals surface area contributed by atoms with E-state index in [1.807, 2.05) is 0 Å². The predicted molar refractivity (Wildman–Crippen MR) is 95.6 cm³/mol. The lowest BCUT2D eigenvalue weighted by molar-refractivity contribution is -0.0878. The average Bonchev–Trinajstić information content (AvgIpc) is 2.58. The second-order valence-electron chi connectivity index (χ2n) is 5.34. The molecule has 0 heterocycles. The zero-order valence-corrected chi connectivity index (χ0v) is 15.3. The molecule has 0 aliphatic carbocycles. The first-order valence-electron chi connectivity index (χ1n) is 7.58. The number of phenols is 1. The van der Waals surface area contributed by atoms with Crippen molar-refractivity contribution < 1.29 is 32.5 Å². The highest BCUT2D eigenvalue weighted by Gasteiger charge is 2.29. The fourth-order valence-electron chi connectivity index (χ4n) is 1.81. The second kappa shape index (κ2) is 10.1. The van der Waals surface area contributed by atoms with Gasteiger partial charge in [-0.3, -0.25) is 4.79 Å². The third kappa shape index (κ3) is 7.46. The van der Waals surface area contributed by atoms with Crippen molar-refractivity contribution in [1.82, 2.24) is 5.32 Å². The molecule has 0 bridgehead atoms. The molecule has 0 spiro atoms. The molecular formula is C18H19ClF3NO4. The number of methoxy groups -OCH3 is 1. The van der Waals surface area contributed by atoms with Gasteiger partial charge in [-0.15, -0.1) is 0 Å². The average molecular weight is 406 g/mol. The van der Waals surface area contributed by atoms with Gasteiger partial charge in [0.25, 0.3) is 5.91 Å². The minimum absolute atomic E-state index is 0.0116. The van der Waals surface area contributed by atoms with Gasteiger partial charge in [0.1, 0.15) is 5.75 Å². The van der Waals surface area contributed by atoms with Gasteiger partial charge in [-0.1, -0.05) is 24.8 Å². The van der Waals surface area contributed by atoms with Crippen molar-refractivity contribution in [2.75, 3.05) is 20.3 Å². The number of alkyl halides is 3.